The third-order valence-corrected chi connectivity index (χ3v) is 8.93. The number of rotatable bonds is 7. The van der Waals surface area contributed by atoms with E-state index in [9.17, 15) is 18.8 Å². The van der Waals surface area contributed by atoms with Gasteiger partial charge in [0, 0.05) is 62.6 Å². The summed E-state index contributed by atoms with van der Waals surface area (Å²) >= 11 is 0. The van der Waals surface area contributed by atoms with Crippen LogP contribution in [0.4, 0.5) is 25.4 Å². The Labute approximate surface area is 278 Å². The zero-order valence-electron chi connectivity index (χ0n) is 27.2. The van der Waals surface area contributed by atoms with Gasteiger partial charge in [-0.15, -0.1) is 0 Å². The predicted octanol–water partition coefficient (Wildman–Crippen LogP) is 2.85. The van der Waals surface area contributed by atoms with Gasteiger partial charge in [0.1, 0.15) is 17.3 Å². The van der Waals surface area contributed by atoms with E-state index in [0.29, 0.717) is 68.5 Å². The fraction of sp³-hybridized carbons (Fsp3) is 0.424. The summed E-state index contributed by atoms with van der Waals surface area (Å²) in [5.41, 5.74) is 7.24. The number of allylic oxidation sites excluding steroid dienone is 2. The number of halogens is 1. The SMILES string of the molecule is COc1ccc(N(C(=O)Nc2ccc(F)cc2)C(C)C2=NC3CC=CC=C3C(=O)N2N2CCN(C(=O)N3CCC(N)C3)CC2)c(OC)n1. The highest BCUT2D eigenvalue weighted by atomic mass is 19.1. The number of hydrogen-bond acceptors (Lipinski definition) is 9. The monoisotopic (exact) mass is 661 g/mol. The van der Waals surface area contributed by atoms with Crippen molar-refractivity contribution in [3.63, 3.8) is 0 Å². The summed E-state index contributed by atoms with van der Waals surface area (Å²) in [6, 6.07) is 6.72. The number of pyridine rings is 1. The molecular formula is C33H40FN9O5. The summed E-state index contributed by atoms with van der Waals surface area (Å²) in [5.74, 6) is 0.0435. The first kappa shape index (κ1) is 32.9. The number of methoxy groups -OCH3 is 2. The lowest BCUT2D eigenvalue weighted by atomic mass is 9.96. The summed E-state index contributed by atoms with van der Waals surface area (Å²) in [5, 5.41) is 6.26. The molecule has 0 bridgehead atoms. The van der Waals surface area contributed by atoms with E-state index in [1.54, 1.807) is 39.9 Å². The Morgan fingerprint density at radius 2 is 1.79 bits per heavy atom. The number of amidine groups is 1. The lowest BCUT2D eigenvalue weighted by molar-refractivity contribution is -0.138. The maximum absolute atomic E-state index is 14.3. The number of amides is 5. The molecule has 1 aromatic heterocycles. The number of anilines is 2. The van der Waals surface area contributed by atoms with Gasteiger partial charge in [0.2, 0.25) is 11.8 Å². The minimum atomic E-state index is -0.836. The van der Waals surface area contributed by atoms with E-state index >= 15 is 0 Å². The number of likely N-dealkylation sites (tertiary alicyclic amines) is 1. The summed E-state index contributed by atoms with van der Waals surface area (Å²) in [6.07, 6.45) is 6.88. The first-order valence-electron chi connectivity index (χ1n) is 16.0. The van der Waals surface area contributed by atoms with Gasteiger partial charge in [0.25, 0.3) is 5.91 Å². The number of aromatic nitrogens is 1. The second-order valence-electron chi connectivity index (χ2n) is 12.0. The molecule has 1 aliphatic carbocycles. The Kier molecular flexibility index (Phi) is 9.59. The van der Waals surface area contributed by atoms with Gasteiger partial charge < -0.3 is 30.3 Å². The lowest BCUT2D eigenvalue weighted by Crippen LogP contribution is -2.64. The van der Waals surface area contributed by atoms with Gasteiger partial charge >= 0.3 is 12.1 Å². The van der Waals surface area contributed by atoms with Crippen molar-refractivity contribution in [2.75, 3.05) is 63.7 Å². The number of nitrogens with zero attached hydrogens (tertiary/aromatic N) is 7. The average molecular weight is 662 g/mol. The Morgan fingerprint density at radius 1 is 1.04 bits per heavy atom. The zero-order valence-corrected chi connectivity index (χ0v) is 27.2. The molecule has 1 aromatic carbocycles. The maximum Gasteiger partial charge on any atom is 0.327 e. The molecule has 3 unspecified atom stereocenters. The molecule has 2 fully saturated rings. The molecule has 0 radical (unpaired) electrons. The molecule has 3 aliphatic heterocycles. The molecule has 5 amide bonds. The van der Waals surface area contributed by atoms with Crippen molar-refractivity contribution in [2.45, 2.75) is 37.9 Å². The van der Waals surface area contributed by atoms with Crippen LogP contribution in [0.2, 0.25) is 0 Å². The number of urea groups is 2. The molecule has 14 nitrogen and oxygen atoms in total. The van der Waals surface area contributed by atoms with Crippen LogP contribution in [0.5, 0.6) is 11.8 Å². The molecule has 15 heteroatoms. The van der Waals surface area contributed by atoms with E-state index in [1.807, 2.05) is 17.2 Å². The highest BCUT2D eigenvalue weighted by Crippen LogP contribution is 2.34. The number of hydrazine groups is 1. The van der Waals surface area contributed by atoms with Crippen LogP contribution in [0.3, 0.4) is 0 Å². The van der Waals surface area contributed by atoms with Crippen molar-refractivity contribution in [3.05, 3.63) is 66.0 Å². The van der Waals surface area contributed by atoms with Crippen LogP contribution in [-0.2, 0) is 4.79 Å². The highest BCUT2D eigenvalue weighted by Gasteiger charge is 2.43. The normalized spacial score (nSPS) is 21.7. The molecule has 0 spiro atoms. The van der Waals surface area contributed by atoms with Gasteiger partial charge in [-0.25, -0.2) is 24.0 Å². The van der Waals surface area contributed by atoms with E-state index in [0.717, 1.165) is 6.42 Å². The number of piperazine rings is 1. The number of carbonyl (C=O) groups is 3. The molecule has 6 rings (SSSR count). The molecule has 4 heterocycles. The van der Waals surface area contributed by atoms with E-state index in [2.05, 4.69) is 10.3 Å². The molecule has 3 atom stereocenters. The topological polar surface area (TPSA) is 149 Å². The number of carbonyl (C=O) groups excluding carboxylic acids is 3. The molecular weight excluding hydrogens is 621 g/mol. The fourth-order valence-electron chi connectivity index (χ4n) is 6.39. The highest BCUT2D eigenvalue weighted by molar-refractivity contribution is 6.14. The number of ether oxygens (including phenoxy) is 2. The van der Waals surface area contributed by atoms with Crippen LogP contribution in [0, 0.1) is 5.82 Å². The molecule has 3 N–H and O–H groups in total. The molecule has 254 valence electrons. The van der Waals surface area contributed by atoms with Crippen molar-refractivity contribution in [1.29, 1.82) is 0 Å². The van der Waals surface area contributed by atoms with Crippen LogP contribution >= 0.6 is 0 Å². The summed E-state index contributed by atoms with van der Waals surface area (Å²) in [6.45, 7) is 4.45. The minimum Gasteiger partial charge on any atom is -0.481 e. The third kappa shape index (κ3) is 6.55. The van der Waals surface area contributed by atoms with Gasteiger partial charge in [-0.05, 0) is 50.1 Å². The van der Waals surface area contributed by atoms with Gasteiger partial charge in [-0.2, -0.15) is 4.98 Å². The molecule has 4 aliphatic rings. The Hall–Kier alpha value is -5.02. The van der Waals surface area contributed by atoms with Gasteiger partial charge in [-0.1, -0.05) is 18.2 Å². The van der Waals surface area contributed by atoms with Crippen molar-refractivity contribution in [2.24, 2.45) is 10.7 Å². The Morgan fingerprint density at radius 3 is 2.46 bits per heavy atom. The minimum absolute atomic E-state index is 0.0186. The van der Waals surface area contributed by atoms with Crippen LogP contribution < -0.4 is 25.4 Å². The average Bonchev–Trinajstić information content (AvgIpc) is 3.55. The smallest absolute Gasteiger partial charge is 0.327 e. The van der Waals surface area contributed by atoms with Crippen LogP contribution in [-0.4, -0.2) is 120 Å². The maximum atomic E-state index is 14.3. The Bertz CT molecular complexity index is 1640. The molecule has 48 heavy (non-hydrogen) atoms. The van der Waals surface area contributed by atoms with E-state index in [1.165, 1.54) is 43.4 Å². The number of nitrogens with two attached hydrogens (primary N) is 1. The predicted molar refractivity (Wildman–Crippen MR) is 177 cm³/mol. The van der Waals surface area contributed by atoms with Crippen molar-refractivity contribution >= 4 is 35.2 Å². The van der Waals surface area contributed by atoms with E-state index < -0.39 is 23.9 Å². The molecule has 0 saturated carbocycles. The third-order valence-electron chi connectivity index (χ3n) is 8.93. The summed E-state index contributed by atoms with van der Waals surface area (Å²) in [4.78, 5) is 56.1. The van der Waals surface area contributed by atoms with Crippen molar-refractivity contribution in [1.82, 2.24) is 24.8 Å². The second kappa shape index (κ2) is 14.0. The van der Waals surface area contributed by atoms with E-state index in [-0.39, 0.29) is 29.7 Å². The number of nitrogens with one attached hydrogen (secondary N) is 1. The largest absolute Gasteiger partial charge is 0.481 e. The van der Waals surface area contributed by atoms with Gasteiger partial charge in [0.05, 0.1) is 26.3 Å². The van der Waals surface area contributed by atoms with Crippen LogP contribution in [0.25, 0.3) is 0 Å². The second-order valence-corrected chi connectivity index (χ2v) is 12.0. The molecule has 2 saturated heterocycles. The van der Waals surface area contributed by atoms with Gasteiger partial charge in [-0.3, -0.25) is 14.7 Å². The van der Waals surface area contributed by atoms with Crippen molar-refractivity contribution < 1.29 is 28.2 Å². The summed E-state index contributed by atoms with van der Waals surface area (Å²) in [7, 11) is 2.91. The fourth-order valence-corrected chi connectivity index (χ4v) is 6.39. The quantitative estimate of drug-likeness (QED) is 0.460. The van der Waals surface area contributed by atoms with Crippen molar-refractivity contribution in [3.8, 4) is 11.8 Å². The Balaban J connectivity index is 1.34. The first-order valence-corrected chi connectivity index (χ1v) is 16.0. The lowest BCUT2D eigenvalue weighted by Gasteiger charge is -2.46. The van der Waals surface area contributed by atoms with Crippen LogP contribution in [0.1, 0.15) is 19.8 Å². The molecule has 2 aromatic rings. The summed E-state index contributed by atoms with van der Waals surface area (Å²) < 4.78 is 24.6. The zero-order chi connectivity index (χ0) is 33.9. The number of aliphatic imine (C=N–C) groups is 1. The first-order chi connectivity index (χ1) is 23.2. The van der Waals surface area contributed by atoms with Crippen LogP contribution in [0.15, 0.2) is 65.2 Å². The van der Waals surface area contributed by atoms with Gasteiger partial charge in [0.15, 0.2) is 0 Å². The number of benzene rings is 1. The van der Waals surface area contributed by atoms with E-state index in [4.69, 9.17) is 20.2 Å². The number of fused-ring (bicyclic) bond motifs is 1. The standard InChI is InChI=1S/C33H40FN9O5/c1-21(42(27-12-13-28(47-2)38-30(27)48-3)32(45)36-24-10-8-22(34)9-11-24)29-37-26-7-5-4-6-25(26)31(44)43(29)41-18-16-39(17-19-41)33(46)40-15-14-23(35)20-40/h4-6,8-13,21,23,26H,7,14-20,35H2,1-3H3,(H,36,45). The number of hydrogen-bond donors (Lipinski definition) is 2.